The Kier molecular flexibility index (Phi) is 4.68. The molecule has 1 amide bonds. The highest BCUT2D eigenvalue weighted by Gasteiger charge is 2.14. The number of aromatic amines is 1. The van der Waals surface area contributed by atoms with Crippen LogP contribution in [0.2, 0.25) is 0 Å². The predicted molar refractivity (Wildman–Crippen MR) is 107 cm³/mol. The van der Waals surface area contributed by atoms with Crippen molar-refractivity contribution in [3.05, 3.63) is 64.6 Å². The summed E-state index contributed by atoms with van der Waals surface area (Å²) in [6.07, 6.45) is 6.03. The molecule has 0 saturated carbocycles. The van der Waals surface area contributed by atoms with Gasteiger partial charge in [-0.1, -0.05) is 12.1 Å². The van der Waals surface area contributed by atoms with Crippen molar-refractivity contribution in [1.82, 2.24) is 24.8 Å². The average Bonchev–Trinajstić information content (AvgIpc) is 3.34. The van der Waals surface area contributed by atoms with Gasteiger partial charge in [-0.25, -0.2) is 9.97 Å². The van der Waals surface area contributed by atoms with Gasteiger partial charge in [0.1, 0.15) is 0 Å². The van der Waals surface area contributed by atoms with Crippen LogP contribution in [0.3, 0.4) is 0 Å². The number of carbonyl (C=O) groups is 1. The fourth-order valence-corrected chi connectivity index (χ4v) is 3.80. The van der Waals surface area contributed by atoms with Crippen LogP contribution in [-0.2, 0) is 6.42 Å². The first-order valence-corrected chi connectivity index (χ1v) is 9.53. The maximum atomic E-state index is 12.7. The molecule has 4 aromatic rings. The molecule has 3 aromatic heterocycles. The van der Waals surface area contributed by atoms with E-state index in [1.807, 2.05) is 43.7 Å². The van der Waals surface area contributed by atoms with Crippen molar-refractivity contribution >= 4 is 28.3 Å². The number of imidazole rings is 1. The smallest absolute Gasteiger partial charge is 0.253 e. The van der Waals surface area contributed by atoms with Crippen LogP contribution >= 0.6 is 11.3 Å². The second-order valence-electron chi connectivity index (χ2n) is 6.40. The molecule has 1 N–H and O–H groups in total. The summed E-state index contributed by atoms with van der Waals surface area (Å²) in [6.45, 7) is 2.67. The SMILES string of the molecule is Cc1ncsc1CCN(C)C(=O)c1ccc(-c2cncc3[nH]cnc23)cc1. The summed E-state index contributed by atoms with van der Waals surface area (Å²) in [5.74, 6) is 0.0137. The molecule has 0 aliphatic carbocycles. The molecule has 136 valence electrons. The molecule has 0 atom stereocenters. The second kappa shape index (κ2) is 7.28. The fourth-order valence-electron chi connectivity index (χ4n) is 3.03. The van der Waals surface area contributed by atoms with Gasteiger partial charge in [0, 0.05) is 42.2 Å². The largest absolute Gasteiger partial charge is 0.343 e. The standard InChI is InChI=1S/C20H19N5OS/c1-13-18(27-12-24-13)7-8-25(2)20(26)15-5-3-14(4-6-15)16-9-21-10-17-19(16)23-11-22-17/h3-6,9-12H,7-8H2,1-2H3,(H,22,23). The number of aryl methyl sites for hydroxylation is 1. The summed E-state index contributed by atoms with van der Waals surface area (Å²) in [6, 6.07) is 7.61. The molecular formula is C20H19N5OS. The first kappa shape index (κ1) is 17.4. The lowest BCUT2D eigenvalue weighted by Crippen LogP contribution is -2.28. The maximum absolute atomic E-state index is 12.7. The summed E-state index contributed by atoms with van der Waals surface area (Å²) in [4.78, 5) is 31.6. The van der Waals surface area contributed by atoms with E-state index in [2.05, 4.69) is 19.9 Å². The minimum atomic E-state index is 0.0137. The maximum Gasteiger partial charge on any atom is 0.253 e. The Hall–Kier alpha value is -3.06. The third-order valence-corrected chi connectivity index (χ3v) is 5.63. The van der Waals surface area contributed by atoms with Crippen LogP contribution in [0.15, 0.2) is 48.5 Å². The molecular weight excluding hydrogens is 358 g/mol. The molecule has 0 aliphatic heterocycles. The number of rotatable bonds is 5. The molecule has 6 nitrogen and oxygen atoms in total. The van der Waals surface area contributed by atoms with Gasteiger partial charge in [0.15, 0.2) is 0 Å². The highest BCUT2D eigenvalue weighted by molar-refractivity contribution is 7.09. The molecule has 4 rings (SSSR count). The number of nitrogens with zero attached hydrogens (tertiary/aromatic N) is 4. The lowest BCUT2D eigenvalue weighted by molar-refractivity contribution is 0.0797. The third kappa shape index (κ3) is 3.46. The Bertz CT molecular complexity index is 1080. The summed E-state index contributed by atoms with van der Waals surface area (Å²) in [5.41, 5.74) is 7.27. The van der Waals surface area contributed by atoms with E-state index < -0.39 is 0 Å². The van der Waals surface area contributed by atoms with Gasteiger partial charge in [0.2, 0.25) is 0 Å². The number of hydrogen-bond acceptors (Lipinski definition) is 5. The van der Waals surface area contributed by atoms with Crippen LogP contribution in [0, 0.1) is 6.92 Å². The number of H-pyrrole nitrogens is 1. The molecule has 0 aliphatic rings. The van der Waals surface area contributed by atoms with E-state index in [4.69, 9.17) is 0 Å². The van der Waals surface area contributed by atoms with E-state index in [0.717, 1.165) is 34.3 Å². The molecule has 3 heterocycles. The van der Waals surface area contributed by atoms with Crippen molar-refractivity contribution in [3.8, 4) is 11.1 Å². The molecule has 0 spiro atoms. The van der Waals surface area contributed by atoms with Gasteiger partial charge in [0.05, 0.1) is 34.8 Å². The lowest BCUT2D eigenvalue weighted by atomic mass is 10.0. The van der Waals surface area contributed by atoms with E-state index >= 15 is 0 Å². The van der Waals surface area contributed by atoms with Crippen LogP contribution in [0.25, 0.3) is 22.2 Å². The topological polar surface area (TPSA) is 74.8 Å². The second-order valence-corrected chi connectivity index (χ2v) is 7.34. The number of pyridine rings is 1. The van der Waals surface area contributed by atoms with E-state index in [9.17, 15) is 4.79 Å². The Morgan fingerprint density at radius 3 is 2.74 bits per heavy atom. The van der Waals surface area contributed by atoms with Crippen LogP contribution in [-0.4, -0.2) is 44.3 Å². The minimum absolute atomic E-state index is 0.0137. The Morgan fingerprint density at radius 2 is 2.00 bits per heavy atom. The zero-order valence-corrected chi connectivity index (χ0v) is 16.0. The normalized spacial score (nSPS) is 11.0. The first-order valence-electron chi connectivity index (χ1n) is 8.65. The van der Waals surface area contributed by atoms with Gasteiger partial charge >= 0.3 is 0 Å². The van der Waals surface area contributed by atoms with Crippen molar-refractivity contribution in [3.63, 3.8) is 0 Å². The molecule has 0 radical (unpaired) electrons. The van der Waals surface area contributed by atoms with E-state index in [1.165, 1.54) is 4.88 Å². The summed E-state index contributed by atoms with van der Waals surface area (Å²) in [7, 11) is 1.83. The minimum Gasteiger partial charge on any atom is -0.343 e. The van der Waals surface area contributed by atoms with Crippen LogP contribution < -0.4 is 0 Å². The number of nitrogens with one attached hydrogen (secondary N) is 1. The zero-order chi connectivity index (χ0) is 18.8. The molecule has 1 aromatic carbocycles. The van der Waals surface area contributed by atoms with Crippen molar-refractivity contribution in [2.75, 3.05) is 13.6 Å². The number of carbonyl (C=O) groups excluding carboxylic acids is 1. The number of likely N-dealkylation sites (N-methyl/N-ethyl adjacent to an activating group) is 1. The van der Waals surface area contributed by atoms with Crippen molar-refractivity contribution in [1.29, 1.82) is 0 Å². The first-order chi connectivity index (χ1) is 13.1. The van der Waals surface area contributed by atoms with E-state index in [1.54, 1.807) is 35.0 Å². The Labute approximate surface area is 160 Å². The van der Waals surface area contributed by atoms with Crippen LogP contribution in [0.5, 0.6) is 0 Å². The van der Waals surface area contributed by atoms with Crippen molar-refractivity contribution in [2.24, 2.45) is 0 Å². The molecule has 0 saturated heterocycles. The highest BCUT2D eigenvalue weighted by atomic mass is 32.1. The Balaban J connectivity index is 1.49. The molecule has 27 heavy (non-hydrogen) atoms. The van der Waals surface area contributed by atoms with Gasteiger partial charge in [-0.3, -0.25) is 9.78 Å². The van der Waals surface area contributed by atoms with Gasteiger partial charge in [-0.15, -0.1) is 11.3 Å². The molecule has 7 heteroatoms. The highest BCUT2D eigenvalue weighted by Crippen LogP contribution is 2.25. The Morgan fingerprint density at radius 1 is 1.19 bits per heavy atom. The molecule has 0 bridgehead atoms. The van der Waals surface area contributed by atoms with Crippen molar-refractivity contribution < 1.29 is 4.79 Å². The van der Waals surface area contributed by atoms with Gasteiger partial charge in [-0.2, -0.15) is 0 Å². The van der Waals surface area contributed by atoms with E-state index in [-0.39, 0.29) is 5.91 Å². The van der Waals surface area contributed by atoms with Gasteiger partial charge in [0.25, 0.3) is 5.91 Å². The quantitative estimate of drug-likeness (QED) is 0.575. The number of hydrogen-bond donors (Lipinski definition) is 1. The number of amides is 1. The molecule has 0 fully saturated rings. The van der Waals surface area contributed by atoms with E-state index in [0.29, 0.717) is 12.1 Å². The average molecular weight is 377 g/mol. The number of thiazole rings is 1. The number of fused-ring (bicyclic) bond motifs is 1. The third-order valence-electron chi connectivity index (χ3n) is 4.64. The summed E-state index contributed by atoms with van der Waals surface area (Å²) in [5, 5.41) is 0. The molecule has 0 unspecified atom stereocenters. The number of benzene rings is 1. The summed E-state index contributed by atoms with van der Waals surface area (Å²) >= 11 is 1.64. The van der Waals surface area contributed by atoms with Crippen LogP contribution in [0.1, 0.15) is 20.9 Å². The van der Waals surface area contributed by atoms with Gasteiger partial charge < -0.3 is 9.88 Å². The van der Waals surface area contributed by atoms with Crippen molar-refractivity contribution in [2.45, 2.75) is 13.3 Å². The van der Waals surface area contributed by atoms with Crippen LogP contribution in [0.4, 0.5) is 0 Å². The lowest BCUT2D eigenvalue weighted by Gasteiger charge is -2.17. The zero-order valence-electron chi connectivity index (χ0n) is 15.1. The van der Waals surface area contributed by atoms with Gasteiger partial charge in [-0.05, 0) is 24.6 Å². The fraction of sp³-hybridized carbons (Fsp3) is 0.200. The number of aromatic nitrogens is 4. The summed E-state index contributed by atoms with van der Waals surface area (Å²) < 4.78 is 0. The monoisotopic (exact) mass is 377 g/mol. The predicted octanol–water partition coefficient (Wildman–Crippen LogP) is 3.70.